The molecular formula is C11H14Cl2O. The zero-order chi connectivity index (χ0) is 10.6. The van der Waals surface area contributed by atoms with Crippen LogP contribution < -0.4 is 0 Å². The van der Waals surface area contributed by atoms with Gasteiger partial charge < -0.3 is 4.74 Å². The molecule has 14 heavy (non-hydrogen) atoms. The summed E-state index contributed by atoms with van der Waals surface area (Å²) >= 11 is 11.8. The Hall–Kier alpha value is -0.240. The Balaban J connectivity index is 2.62. The molecule has 3 heteroatoms. The Morgan fingerprint density at radius 1 is 1.36 bits per heavy atom. The highest BCUT2D eigenvalue weighted by Gasteiger charge is 2.04. The Morgan fingerprint density at radius 3 is 2.71 bits per heavy atom. The standard InChI is InChI=1S/C11H14Cl2O/c1-3-8(2)14-7-9-6-10(12)4-5-11(9)13/h4-6,8H,3,7H2,1-2H3. The largest absolute Gasteiger partial charge is 0.374 e. The Morgan fingerprint density at radius 2 is 2.07 bits per heavy atom. The third kappa shape index (κ3) is 3.49. The molecule has 0 aliphatic rings. The first kappa shape index (κ1) is 11.8. The Kier molecular flexibility index (Phi) is 4.73. The molecule has 0 saturated heterocycles. The number of halogens is 2. The fraction of sp³-hybridized carbons (Fsp3) is 0.455. The topological polar surface area (TPSA) is 9.23 Å². The Labute approximate surface area is 95.0 Å². The molecule has 1 nitrogen and oxygen atoms in total. The van der Waals surface area contributed by atoms with Crippen molar-refractivity contribution in [1.29, 1.82) is 0 Å². The van der Waals surface area contributed by atoms with Crippen molar-refractivity contribution < 1.29 is 4.74 Å². The van der Waals surface area contributed by atoms with E-state index in [2.05, 4.69) is 6.92 Å². The molecule has 0 amide bonds. The molecule has 0 saturated carbocycles. The molecule has 0 heterocycles. The molecule has 0 aliphatic carbocycles. The van der Waals surface area contributed by atoms with E-state index in [1.54, 1.807) is 12.1 Å². The van der Waals surface area contributed by atoms with Crippen LogP contribution in [0.1, 0.15) is 25.8 Å². The lowest BCUT2D eigenvalue weighted by Crippen LogP contribution is -2.06. The van der Waals surface area contributed by atoms with Crippen LogP contribution >= 0.6 is 23.2 Å². The van der Waals surface area contributed by atoms with Crippen molar-refractivity contribution in [3.8, 4) is 0 Å². The van der Waals surface area contributed by atoms with Crippen molar-refractivity contribution in [3.05, 3.63) is 33.8 Å². The number of rotatable bonds is 4. The van der Waals surface area contributed by atoms with Gasteiger partial charge in [0.1, 0.15) is 0 Å². The van der Waals surface area contributed by atoms with Crippen molar-refractivity contribution in [2.75, 3.05) is 0 Å². The summed E-state index contributed by atoms with van der Waals surface area (Å²) in [5, 5.41) is 1.40. The van der Waals surface area contributed by atoms with Crippen molar-refractivity contribution >= 4 is 23.2 Å². The first-order chi connectivity index (χ1) is 6.63. The van der Waals surface area contributed by atoms with Gasteiger partial charge in [0.15, 0.2) is 0 Å². The molecule has 0 fully saturated rings. The predicted octanol–water partition coefficient (Wildman–Crippen LogP) is 4.31. The third-order valence-corrected chi connectivity index (χ3v) is 2.71. The van der Waals surface area contributed by atoms with Crippen LogP contribution in [0.2, 0.25) is 10.0 Å². The minimum absolute atomic E-state index is 0.255. The highest BCUT2D eigenvalue weighted by atomic mass is 35.5. The summed E-state index contributed by atoms with van der Waals surface area (Å²) in [5.74, 6) is 0. The number of hydrogen-bond donors (Lipinski definition) is 0. The van der Waals surface area contributed by atoms with E-state index in [9.17, 15) is 0 Å². The maximum absolute atomic E-state index is 5.98. The summed E-state index contributed by atoms with van der Waals surface area (Å²) < 4.78 is 5.57. The van der Waals surface area contributed by atoms with Crippen LogP contribution in [0.3, 0.4) is 0 Å². The van der Waals surface area contributed by atoms with Gasteiger partial charge >= 0.3 is 0 Å². The molecule has 78 valence electrons. The summed E-state index contributed by atoms with van der Waals surface area (Å²) in [5.41, 5.74) is 0.944. The first-order valence-electron chi connectivity index (χ1n) is 4.69. The molecule has 1 aromatic carbocycles. The lowest BCUT2D eigenvalue weighted by molar-refractivity contribution is 0.0509. The van der Waals surface area contributed by atoms with Crippen molar-refractivity contribution in [2.45, 2.75) is 33.0 Å². The van der Waals surface area contributed by atoms with Gasteiger partial charge in [-0.25, -0.2) is 0 Å². The second-order valence-electron chi connectivity index (χ2n) is 3.27. The van der Waals surface area contributed by atoms with Crippen LogP contribution in [0.25, 0.3) is 0 Å². The average molecular weight is 233 g/mol. The van der Waals surface area contributed by atoms with Crippen molar-refractivity contribution in [1.82, 2.24) is 0 Å². The maximum atomic E-state index is 5.98. The summed E-state index contributed by atoms with van der Waals surface area (Å²) in [7, 11) is 0. The molecule has 1 unspecified atom stereocenters. The molecule has 0 spiro atoms. The fourth-order valence-electron chi connectivity index (χ4n) is 1.00. The van der Waals surface area contributed by atoms with Gasteiger partial charge in [0.05, 0.1) is 12.7 Å². The summed E-state index contributed by atoms with van der Waals surface area (Å²) in [6, 6.07) is 5.40. The van der Waals surface area contributed by atoms with Crippen LogP contribution in [0.15, 0.2) is 18.2 Å². The van der Waals surface area contributed by atoms with Crippen LogP contribution in [0, 0.1) is 0 Å². The quantitative estimate of drug-likeness (QED) is 0.752. The molecule has 0 aliphatic heterocycles. The molecule has 1 rings (SSSR count). The summed E-state index contributed by atoms with van der Waals surface area (Å²) in [6.07, 6.45) is 1.25. The lowest BCUT2D eigenvalue weighted by atomic mass is 10.2. The predicted molar refractivity (Wildman–Crippen MR) is 61.0 cm³/mol. The van der Waals surface area contributed by atoms with Gasteiger partial charge in [-0.1, -0.05) is 30.1 Å². The maximum Gasteiger partial charge on any atom is 0.0735 e. The van der Waals surface area contributed by atoms with Crippen LogP contribution in [-0.4, -0.2) is 6.10 Å². The normalized spacial score (nSPS) is 12.9. The Bertz CT molecular complexity index is 299. The van der Waals surface area contributed by atoms with E-state index in [4.69, 9.17) is 27.9 Å². The van der Waals surface area contributed by atoms with Gasteiger partial charge in [0.2, 0.25) is 0 Å². The zero-order valence-corrected chi connectivity index (χ0v) is 9.90. The van der Waals surface area contributed by atoms with Gasteiger partial charge in [-0.15, -0.1) is 0 Å². The van der Waals surface area contributed by atoms with Crippen LogP contribution in [0.4, 0.5) is 0 Å². The number of ether oxygens (including phenoxy) is 1. The third-order valence-electron chi connectivity index (χ3n) is 2.11. The van der Waals surface area contributed by atoms with E-state index in [0.717, 1.165) is 12.0 Å². The molecule has 1 atom stereocenters. The number of hydrogen-bond acceptors (Lipinski definition) is 1. The highest BCUT2D eigenvalue weighted by molar-refractivity contribution is 6.33. The highest BCUT2D eigenvalue weighted by Crippen LogP contribution is 2.21. The smallest absolute Gasteiger partial charge is 0.0735 e. The molecular weight excluding hydrogens is 219 g/mol. The average Bonchev–Trinajstić information content (AvgIpc) is 2.19. The summed E-state index contributed by atoms with van der Waals surface area (Å²) in [4.78, 5) is 0. The van der Waals surface area contributed by atoms with Crippen LogP contribution in [0.5, 0.6) is 0 Å². The molecule has 1 aromatic rings. The first-order valence-corrected chi connectivity index (χ1v) is 5.44. The van der Waals surface area contributed by atoms with Gasteiger partial charge in [-0.05, 0) is 37.1 Å². The molecule has 0 radical (unpaired) electrons. The molecule has 0 bridgehead atoms. The van der Waals surface area contributed by atoms with E-state index in [1.807, 2.05) is 13.0 Å². The van der Waals surface area contributed by atoms with E-state index in [1.165, 1.54) is 0 Å². The van der Waals surface area contributed by atoms with E-state index in [0.29, 0.717) is 16.7 Å². The lowest BCUT2D eigenvalue weighted by Gasteiger charge is -2.11. The van der Waals surface area contributed by atoms with E-state index >= 15 is 0 Å². The van der Waals surface area contributed by atoms with E-state index < -0.39 is 0 Å². The second-order valence-corrected chi connectivity index (χ2v) is 4.11. The van der Waals surface area contributed by atoms with Crippen molar-refractivity contribution in [2.24, 2.45) is 0 Å². The zero-order valence-electron chi connectivity index (χ0n) is 8.39. The SMILES string of the molecule is CCC(C)OCc1cc(Cl)ccc1Cl. The van der Waals surface area contributed by atoms with Crippen LogP contribution in [-0.2, 0) is 11.3 Å². The molecule has 0 N–H and O–H groups in total. The number of benzene rings is 1. The minimum Gasteiger partial charge on any atom is -0.374 e. The van der Waals surface area contributed by atoms with Gasteiger partial charge in [-0.3, -0.25) is 0 Å². The monoisotopic (exact) mass is 232 g/mol. The van der Waals surface area contributed by atoms with Crippen molar-refractivity contribution in [3.63, 3.8) is 0 Å². The van der Waals surface area contributed by atoms with Gasteiger partial charge in [-0.2, -0.15) is 0 Å². The molecule has 0 aromatic heterocycles. The van der Waals surface area contributed by atoms with E-state index in [-0.39, 0.29) is 6.10 Å². The minimum atomic E-state index is 0.255. The van der Waals surface area contributed by atoms with Gasteiger partial charge in [0.25, 0.3) is 0 Å². The summed E-state index contributed by atoms with van der Waals surface area (Å²) in [6.45, 7) is 4.65. The second kappa shape index (κ2) is 5.59. The van der Waals surface area contributed by atoms with Gasteiger partial charge in [0, 0.05) is 10.0 Å². The fourth-order valence-corrected chi connectivity index (χ4v) is 1.37.